The number of ether oxygens (including phenoxy) is 3. The molecule has 1 saturated carbocycles. The van der Waals surface area contributed by atoms with Crippen LogP contribution in [-0.4, -0.2) is 37.9 Å². The van der Waals surface area contributed by atoms with Crippen molar-refractivity contribution in [2.75, 3.05) is 20.3 Å². The SMILES string of the molecule is COCCOC1C(Cl)CC1Oc1ccc(C(C)C)cc1. The van der Waals surface area contributed by atoms with Gasteiger partial charge >= 0.3 is 0 Å². The minimum absolute atomic E-state index is 0.0341. The lowest BCUT2D eigenvalue weighted by atomic mass is 9.91. The van der Waals surface area contributed by atoms with Gasteiger partial charge in [0.05, 0.1) is 18.6 Å². The first kappa shape index (κ1) is 15.6. The van der Waals surface area contributed by atoms with Gasteiger partial charge in [0.25, 0.3) is 0 Å². The van der Waals surface area contributed by atoms with Crippen LogP contribution in [0.15, 0.2) is 24.3 Å². The first-order valence-corrected chi connectivity index (χ1v) is 7.56. The normalized spacial score (nSPS) is 25.6. The number of hydrogen-bond donors (Lipinski definition) is 0. The van der Waals surface area contributed by atoms with Crippen LogP contribution in [0.3, 0.4) is 0 Å². The van der Waals surface area contributed by atoms with Crippen LogP contribution in [0.1, 0.15) is 31.7 Å². The Morgan fingerprint density at radius 1 is 1.20 bits per heavy atom. The third-order valence-corrected chi connectivity index (χ3v) is 4.04. The van der Waals surface area contributed by atoms with Crippen molar-refractivity contribution < 1.29 is 14.2 Å². The predicted octanol–water partition coefficient (Wildman–Crippen LogP) is 3.60. The lowest BCUT2D eigenvalue weighted by molar-refractivity contribution is -0.0898. The molecule has 0 radical (unpaired) electrons. The average Bonchev–Trinajstić information content (AvgIpc) is 2.43. The summed E-state index contributed by atoms with van der Waals surface area (Å²) in [6.45, 7) is 5.49. The summed E-state index contributed by atoms with van der Waals surface area (Å²) in [5.74, 6) is 1.41. The summed E-state index contributed by atoms with van der Waals surface area (Å²) < 4.78 is 16.6. The molecule has 112 valence electrons. The molecule has 3 nitrogen and oxygen atoms in total. The van der Waals surface area contributed by atoms with Crippen molar-refractivity contribution in [3.05, 3.63) is 29.8 Å². The molecule has 0 N–H and O–H groups in total. The van der Waals surface area contributed by atoms with Gasteiger partial charge in [-0.3, -0.25) is 0 Å². The Morgan fingerprint density at radius 3 is 2.45 bits per heavy atom. The van der Waals surface area contributed by atoms with Crippen LogP contribution >= 0.6 is 11.6 Å². The number of halogens is 1. The Morgan fingerprint density at radius 2 is 1.90 bits per heavy atom. The fourth-order valence-electron chi connectivity index (χ4n) is 2.23. The summed E-state index contributed by atoms with van der Waals surface area (Å²) in [7, 11) is 1.66. The summed E-state index contributed by atoms with van der Waals surface area (Å²) in [6, 6.07) is 8.25. The molecule has 1 aliphatic rings. The van der Waals surface area contributed by atoms with E-state index >= 15 is 0 Å². The van der Waals surface area contributed by atoms with Gasteiger partial charge in [-0.1, -0.05) is 26.0 Å². The van der Waals surface area contributed by atoms with Gasteiger partial charge in [0, 0.05) is 13.5 Å². The molecule has 0 aromatic heterocycles. The van der Waals surface area contributed by atoms with Crippen LogP contribution in [0, 0.1) is 0 Å². The summed E-state index contributed by atoms with van der Waals surface area (Å²) in [6.07, 6.45) is 0.821. The molecule has 0 saturated heterocycles. The van der Waals surface area contributed by atoms with E-state index in [4.69, 9.17) is 25.8 Å². The highest BCUT2D eigenvalue weighted by Crippen LogP contribution is 2.33. The maximum Gasteiger partial charge on any atom is 0.128 e. The molecule has 3 unspecified atom stereocenters. The van der Waals surface area contributed by atoms with Crippen LogP contribution in [0.25, 0.3) is 0 Å². The van der Waals surface area contributed by atoms with E-state index in [-0.39, 0.29) is 17.6 Å². The number of rotatable bonds is 7. The monoisotopic (exact) mass is 298 g/mol. The third kappa shape index (κ3) is 3.87. The van der Waals surface area contributed by atoms with Gasteiger partial charge in [0.2, 0.25) is 0 Å². The molecule has 20 heavy (non-hydrogen) atoms. The maximum atomic E-state index is 6.18. The van der Waals surface area contributed by atoms with E-state index in [0.29, 0.717) is 19.1 Å². The molecule has 0 aliphatic heterocycles. The van der Waals surface area contributed by atoms with E-state index in [2.05, 4.69) is 26.0 Å². The van der Waals surface area contributed by atoms with Crippen molar-refractivity contribution in [1.82, 2.24) is 0 Å². The van der Waals surface area contributed by atoms with Crippen LogP contribution in [0.4, 0.5) is 0 Å². The van der Waals surface area contributed by atoms with Crippen LogP contribution in [-0.2, 0) is 9.47 Å². The Hall–Kier alpha value is -0.770. The molecule has 0 amide bonds. The van der Waals surface area contributed by atoms with E-state index in [1.165, 1.54) is 5.56 Å². The lowest BCUT2D eigenvalue weighted by Gasteiger charge is -2.40. The zero-order chi connectivity index (χ0) is 14.5. The van der Waals surface area contributed by atoms with E-state index in [1.54, 1.807) is 7.11 Å². The molecule has 1 aliphatic carbocycles. The predicted molar refractivity (Wildman–Crippen MR) is 80.8 cm³/mol. The van der Waals surface area contributed by atoms with Gasteiger partial charge in [0.1, 0.15) is 18.0 Å². The van der Waals surface area contributed by atoms with E-state index in [0.717, 1.165) is 12.2 Å². The highest BCUT2D eigenvalue weighted by atomic mass is 35.5. The zero-order valence-electron chi connectivity index (χ0n) is 12.3. The lowest BCUT2D eigenvalue weighted by Crippen LogP contribution is -2.53. The van der Waals surface area contributed by atoms with E-state index in [9.17, 15) is 0 Å². The number of hydrogen-bond acceptors (Lipinski definition) is 3. The maximum absolute atomic E-state index is 6.18. The summed E-state index contributed by atoms with van der Waals surface area (Å²) in [5, 5.41) is 0.0341. The van der Waals surface area contributed by atoms with Crippen molar-refractivity contribution in [3.63, 3.8) is 0 Å². The van der Waals surface area contributed by atoms with E-state index in [1.807, 2.05) is 12.1 Å². The van der Waals surface area contributed by atoms with Crippen molar-refractivity contribution in [2.45, 2.75) is 43.8 Å². The fraction of sp³-hybridized carbons (Fsp3) is 0.625. The molecule has 2 rings (SSSR count). The van der Waals surface area contributed by atoms with Crippen LogP contribution in [0.2, 0.25) is 0 Å². The molecule has 1 aromatic carbocycles. The first-order chi connectivity index (χ1) is 9.61. The second kappa shape index (κ2) is 7.30. The van der Waals surface area contributed by atoms with Gasteiger partial charge in [-0.15, -0.1) is 11.6 Å². The van der Waals surface area contributed by atoms with Crippen molar-refractivity contribution >= 4 is 11.6 Å². The summed E-state index contributed by atoms with van der Waals surface area (Å²) in [4.78, 5) is 0. The zero-order valence-corrected chi connectivity index (χ0v) is 13.1. The van der Waals surface area contributed by atoms with E-state index < -0.39 is 0 Å². The Balaban J connectivity index is 1.86. The Labute approximate surface area is 126 Å². The number of alkyl halides is 1. The molecule has 0 heterocycles. The molecule has 1 aromatic rings. The highest BCUT2D eigenvalue weighted by Gasteiger charge is 2.42. The second-order valence-corrected chi connectivity index (χ2v) is 6.02. The molecule has 4 heteroatoms. The summed E-state index contributed by atoms with van der Waals surface area (Å²) in [5.41, 5.74) is 1.31. The number of benzene rings is 1. The Kier molecular flexibility index (Phi) is 5.70. The molecular weight excluding hydrogens is 276 g/mol. The van der Waals surface area contributed by atoms with Crippen LogP contribution in [0.5, 0.6) is 5.75 Å². The van der Waals surface area contributed by atoms with Gasteiger partial charge in [-0.05, 0) is 23.6 Å². The minimum Gasteiger partial charge on any atom is -0.488 e. The summed E-state index contributed by atoms with van der Waals surface area (Å²) >= 11 is 6.18. The smallest absolute Gasteiger partial charge is 0.128 e. The van der Waals surface area contributed by atoms with Crippen molar-refractivity contribution in [3.8, 4) is 5.75 Å². The standard InChI is InChI=1S/C16H23ClO3/c1-11(2)12-4-6-13(7-5-12)20-15-10-14(17)16(15)19-9-8-18-3/h4-7,11,14-16H,8-10H2,1-3H3. The third-order valence-electron chi connectivity index (χ3n) is 3.61. The van der Waals surface area contributed by atoms with Crippen molar-refractivity contribution in [2.24, 2.45) is 0 Å². The molecule has 1 fully saturated rings. The quantitative estimate of drug-likeness (QED) is 0.568. The van der Waals surface area contributed by atoms with Gasteiger partial charge in [0.15, 0.2) is 0 Å². The molecular formula is C16H23ClO3. The van der Waals surface area contributed by atoms with Crippen LogP contribution < -0.4 is 4.74 Å². The minimum atomic E-state index is -0.0448. The second-order valence-electron chi connectivity index (χ2n) is 5.46. The van der Waals surface area contributed by atoms with Gasteiger partial charge in [-0.2, -0.15) is 0 Å². The molecule has 0 spiro atoms. The number of methoxy groups -OCH3 is 1. The highest BCUT2D eigenvalue weighted by molar-refractivity contribution is 6.21. The van der Waals surface area contributed by atoms with Crippen molar-refractivity contribution in [1.29, 1.82) is 0 Å². The topological polar surface area (TPSA) is 27.7 Å². The largest absolute Gasteiger partial charge is 0.488 e. The average molecular weight is 299 g/mol. The van der Waals surface area contributed by atoms with Gasteiger partial charge < -0.3 is 14.2 Å². The molecule has 0 bridgehead atoms. The first-order valence-electron chi connectivity index (χ1n) is 7.13. The van der Waals surface area contributed by atoms with Gasteiger partial charge in [-0.25, -0.2) is 0 Å². The molecule has 3 atom stereocenters. The fourth-order valence-corrected chi connectivity index (χ4v) is 2.64. The Bertz CT molecular complexity index is 405.